The predicted molar refractivity (Wildman–Crippen MR) is 187 cm³/mol. The van der Waals surface area contributed by atoms with Gasteiger partial charge in [0, 0.05) is 59.0 Å². The van der Waals surface area contributed by atoms with Gasteiger partial charge in [0.1, 0.15) is 10.3 Å². The lowest BCUT2D eigenvalue weighted by Gasteiger charge is -2.24. The van der Waals surface area contributed by atoms with Gasteiger partial charge in [0.15, 0.2) is 0 Å². The highest BCUT2D eigenvalue weighted by atomic mass is 35.5. The standard InChI is InChI=1S/2C16H22ClN3OS/c2*1-6-14(20-22(21)16(3,4)5)13-9-18-10(2)12-8-19-15(17)7-11(12)13/h2*7-9,14,20H,6H2,1-5H3/t14-,22+;14-,22-/m10/s1. The summed E-state index contributed by atoms with van der Waals surface area (Å²) < 4.78 is 30.6. The van der Waals surface area contributed by atoms with E-state index in [9.17, 15) is 8.42 Å². The molecule has 0 spiro atoms. The Balaban J connectivity index is 0.000000240. The number of hydrogen-bond donors (Lipinski definition) is 2. The van der Waals surface area contributed by atoms with Gasteiger partial charge in [-0.3, -0.25) is 9.97 Å². The van der Waals surface area contributed by atoms with Gasteiger partial charge >= 0.3 is 0 Å². The van der Waals surface area contributed by atoms with E-state index in [4.69, 9.17) is 23.2 Å². The highest BCUT2D eigenvalue weighted by Crippen LogP contribution is 2.31. The van der Waals surface area contributed by atoms with Crippen LogP contribution in [0.5, 0.6) is 0 Å². The Morgan fingerprint density at radius 3 is 1.27 bits per heavy atom. The highest BCUT2D eigenvalue weighted by Gasteiger charge is 2.25. The van der Waals surface area contributed by atoms with Crippen LogP contribution in [-0.4, -0.2) is 37.8 Å². The molecule has 4 heterocycles. The minimum absolute atomic E-state index is 0.0471. The van der Waals surface area contributed by atoms with E-state index in [2.05, 4.69) is 43.2 Å². The van der Waals surface area contributed by atoms with Crippen molar-refractivity contribution in [3.63, 3.8) is 0 Å². The van der Waals surface area contributed by atoms with Crippen molar-refractivity contribution >= 4 is 66.7 Å². The fraction of sp³-hybridized carbons (Fsp3) is 0.500. The Kier molecular flexibility index (Phi) is 12.4. The highest BCUT2D eigenvalue weighted by molar-refractivity contribution is 7.84. The second-order valence-electron chi connectivity index (χ2n) is 12.6. The second kappa shape index (κ2) is 15.0. The summed E-state index contributed by atoms with van der Waals surface area (Å²) in [6.07, 6.45) is 8.79. The van der Waals surface area contributed by atoms with Gasteiger partial charge in [-0.05, 0) is 102 Å². The zero-order chi connectivity index (χ0) is 33.0. The first-order valence-electron chi connectivity index (χ1n) is 14.6. The lowest BCUT2D eigenvalue weighted by atomic mass is 10.0. The van der Waals surface area contributed by atoms with E-state index in [1.54, 1.807) is 12.4 Å². The van der Waals surface area contributed by atoms with Crippen LogP contribution in [0.3, 0.4) is 0 Å². The summed E-state index contributed by atoms with van der Waals surface area (Å²) in [5.74, 6) is 0. The summed E-state index contributed by atoms with van der Waals surface area (Å²) in [6, 6.07) is 3.61. The van der Waals surface area contributed by atoms with Crippen molar-refractivity contribution in [2.75, 3.05) is 0 Å². The minimum atomic E-state index is -1.15. The first kappa shape index (κ1) is 36.4. The molecule has 0 aliphatic carbocycles. The van der Waals surface area contributed by atoms with Crippen LogP contribution in [0.1, 0.15) is 103 Å². The number of halogens is 2. The molecular formula is C32H44Cl2N6O2S2. The number of rotatable bonds is 8. The molecule has 4 aromatic rings. The van der Waals surface area contributed by atoms with Gasteiger partial charge in [-0.2, -0.15) is 0 Å². The van der Waals surface area contributed by atoms with Crippen LogP contribution in [0.4, 0.5) is 0 Å². The molecule has 0 saturated heterocycles. The molecule has 44 heavy (non-hydrogen) atoms. The molecule has 4 aromatic heterocycles. The molecule has 12 heteroatoms. The molecule has 0 amide bonds. The molecule has 8 nitrogen and oxygen atoms in total. The van der Waals surface area contributed by atoms with Crippen molar-refractivity contribution in [2.45, 2.75) is 104 Å². The molecule has 4 rings (SSSR count). The van der Waals surface area contributed by atoms with E-state index in [0.717, 1.165) is 56.9 Å². The fourth-order valence-electron chi connectivity index (χ4n) is 4.43. The average molecular weight is 680 g/mol. The van der Waals surface area contributed by atoms with Crippen molar-refractivity contribution < 1.29 is 8.42 Å². The maximum atomic E-state index is 12.4. The number of fused-ring (bicyclic) bond motifs is 2. The number of hydrogen-bond acceptors (Lipinski definition) is 6. The van der Waals surface area contributed by atoms with E-state index < -0.39 is 22.0 Å². The Bertz CT molecular complexity index is 1550. The van der Waals surface area contributed by atoms with Crippen molar-refractivity contribution in [3.8, 4) is 0 Å². The minimum Gasteiger partial charge on any atom is -0.261 e. The summed E-state index contributed by atoms with van der Waals surface area (Å²) in [6.45, 7) is 19.7. The topological polar surface area (TPSA) is 110 Å². The first-order chi connectivity index (χ1) is 20.5. The van der Waals surface area contributed by atoms with Crippen molar-refractivity contribution in [1.29, 1.82) is 0 Å². The Labute approximate surface area is 276 Å². The van der Waals surface area contributed by atoms with Gasteiger partial charge in [-0.15, -0.1) is 0 Å². The van der Waals surface area contributed by atoms with Gasteiger partial charge in [0.05, 0.1) is 31.5 Å². The summed E-state index contributed by atoms with van der Waals surface area (Å²) in [5, 5.41) is 4.88. The summed E-state index contributed by atoms with van der Waals surface area (Å²) in [4.78, 5) is 17.2. The first-order valence-corrected chi connectivity index (χ1v) is 17.7. The van der Waals surface area contributed by atoms with E-state index in [0.29, 0.717) is 10.3 Å². The number of aromatic nitrogens is 4. The van der Waals surface area contributed by atoms with Crippen LogP contribution >= 0.6 is 23.2 Å². The van der Waals surface area contributed by atoms with E-state index in [1.807, 2.05) is 79.9 Å². The van der Waals surface area contributed by atoms with E-state index in [-0.39, 0.29) is 21.6 Å². The quantitative estimate of drug-likeness (QED) is 0.182. The van der Waals surface area contributed by atoms with Gasteiger partial charge in [0.2, 0.25) is 0 Å². The SMILES string of the molecule is CC[C@@H](N[S@@](=O)C(C)(C)C)c1cnc(C)c2cnc(Cl)cc12.CC[C@H](N[S@@](=O)C(C)(C)C)c1cnc(C)c2cnc(Cl)cc12. The Morgan fingerprint density at radius 1 is 0.636 bits per heavy atom. The van der Waals surface area contributed by atoms with Crippen LogP contribution < -0.4 is 9.44 Å². The molecule has 2 N–H and O–H groups in total. The molecule has 0 radical (unpaired) electrons. The molecule has 0 aliphatic rings. The molecule has 0 aliphatic heterocycles. The van der Waals surface area contributed by atoms with Crippen LogP contribution in [-0.2, 0) is 22.0 Å². The third-order valence-electron chi connectivity index (χ3n) is 7.12. The average Bonchev–Trinajstić information content (AvgIpc) is 2.94. The van der Waals surface area contributed by atoms with E-state index in [1.165, 1.54) is 0 Å². The number of pyridine rings is 4. The van der Waals surface area contributed by atoms with Crippen molar-refractivity contribution in [1.82, 2.24) is 29.4 Å². The third-order valence-corrected chi connectivity index (χ3v) is 10.8. The zero-order valence-corrected chi connectivity index (χ0v) is 30.4. The monoisotopic (exact) mass is 678 g/mol. The van der Waals surface area contributed by atoms with Crippen molar-refractivity contribution in [3.05, 3.63) is 69.7 Å². The molecule has 0 bridgehead atoms. The van der Waals surface area contributed by atoms with Crippen LogP contribution in [0.2, 0.25) is 10.3 Å². The number of nitrogens with zero attached hydrogens (tertiary/aromatic N) is 4. The molecule has 0 saturated carbocycles. The smallest absolute Gasteiger partial charge is 0.129 e. The van der Waals surface area contributed by atoms with Crippen LogP contribution in [0.25, 0.3) is 21.5 Å². The van der Waals surface area contributed by atoms with Crippen LogP contribution in [0.15, 0.2) is 36.9 Å². The summed E-state index contributed by atoms with van der Waals surface area (Å²) >= 11 is 12.1. The largest absolute Gasteiger partial charge is 0.261 e. The number of nitrogens with one attached hydrogen (secondary N) is 2. The predicted octanol–water partition coefficient (Wildman–Crippen LogP) is 8.19. The fourth-order valence-corrected chi connectivity index (χ4v) is 6.55. The third kappa shape index (κ3) is 9.01. The summed E-state index contributed by atoms with van der Waals surface area (Å²) in [5.41, 5.74) is 3.83. The van der Waals surface area contributed by atoms with Gasteiger partial charge in [-0.1, -0.05) is 37.0 Å². The zero-order valence-electron chi connectivity index (χ0n) is 27.2. The van der Waals surface area contributed by atoms with Crippen molar-refractivity contribution in [2.24, 2.45) is 0 Å². The Hall–Kier alpha value is -2.08. The van der Waals surface area contributed by atoms with Gasteiger partial charge < -0.3 is 0 Å². The van der Waals surface area contributed by atoms with E-state index >= 15 is 0 Å². The lowest BCUT2D eigenvalue weighted by Crippen LogP contribution is -2.35. The van der Waals surface area contributed by atoms with Gasteiger partial charge in [0.25, 0.3) is 0 Å². The Morgan fingerprint density at radius 2 is 0.977 bits per heavy atom. The number of aryl methyl sites for hydroxylation is 2. The van der Waals surface area contributed by atoms with Gasteiger partial charge in [-0.25, -0.2) is 27.8 Å². The normalized spacial score (nSPS) is 15.0. The molecule has 0 fully saturated rings. The second-order valence-corrected chi connectivity index (χ2v) is 17.4. The van der Waals surface area contributed by atoms with Crippen LogP contribution in [0, 0.1) is 13.8 Å². The lowest BCUT2D eigenvalue weighted by molar-refractivity contribution is 0.590. The maximum absolute atomic E-state index is 12.4. The molecule has 4 atom stereocenters. The molecule has 0 unspecified atom stereocenters. The maximum Gasteiger partial charge on any atom is 0.129 e. The molecular weight excluding hydrogens is 635 g/mol. The summed E-state index contributed by atoms with van der Waals surface area (Å²) in [7, 11) is -2.30. The molecule has 240 valence electrons. The molecule has 0 aromatic carbocycles.